The van der Waals surface area contributed by atoms with Crippen LogP contribution in [0, 0.1) is 0 Å². The molecule has 2 aromatic heterocycles. The molecule has 1 atom stereocenters. The van der Waals surface area contributed by atoms with Gasteiger partial charge in [-0.05, 0) is 62.3 Å². The van der Waals surface area contributed by atoms with Gasteiger partial charge in [0.05, 0.1) is 20.1 Å². The summed E-state index contributed by atoms with van der Waals surface area (Å²) in [5.41, 5.74) is 2.51. The molecule has 1 saturated heterocycles. The Hall–Kier alpha value is -1.72. The van der Waals surface area contributed by atoms with E-state index in [0.29, 0.717) is 5.92 Å². The fourth-order valence-corrected chi connectivity index (χ4v) is 6.49. The molecule has 0 unspecified atom stereocenters. The molecular formula is C21H22N2OS2. The third-order valence-corrected chi connectivity index (χ3v) is 8.00. The smallest absolute Gasteiger partial charge is 0.263 e. The van der Waals surface area contributed by atoms with Gasteiger partial charge in [0.25, 0.3) is 5.91 Å². The van der Waals surface area contributed by atoms with E-state index in [1.54, 1.807) is 22.7 Å². The maximum absolute atomic E-state index is 13.1. The number of piperidine rings is 1. The average Bonchev–Trinajstić information content (AvgIpc) is 3.31. The number of nitrogens with zero attached hydrogens (tertiary/aromatic N) is 2. The topological polar surface area (TPSA) is 33.2 Å². The minimum atomic E-state index is 0.232. The molecule has 3 nitrogen and oxygen atoms in total. The van der Waals surface area contributed by atoms with Gasteiger partial charge in [-0.2, -0.15) is 0 Å². The summed E-state index contributed by atoms with van der Waals surface area (Å²) >= 11 is 3.52. The maximum Gasteiger partial charge on any atom is 0.263 e. The van der Waals surface area contributed by atoms with E-state index in [0.717, 1.165) is 49.2 Å². The van der Waals surface area contributed by atoms with E-state index >= 15 is 0 Å². The first-order valence-corrected chi connectivity index (χ1v) is 11.2. The monoisotopic (exact) mass is 382 g/mol. The number of amides is 1. The summed E-state index contributed by atoms with van der Waals surface area (Å²) in [7, 11) is 0. The number of carbonyl (C=O) groups excluding carboxylic acids is 1. The summed E-state index contributed by atoms with van der Waals surface area (Å²) in [6.45, 7) is 1.68. The Labute approximate surface area is 161 Å². The summed E-state index contributed by atoms with van der Waals surface area (Å²) in [4.78, 5) is 22.4. The predicted molar refractivity (Wildman–Crippen MR) is 108 cm³/mol. The van der Waals surface area contributed by atoms with Crippen LogP contribution in [-0.2, 0) is 12.8 Å². The lowest BCUT2D eigenvalue weighted by Gasteiger charge is -2.31. The van der Waals surface area contributed by atoms with Crippen LogP contribution in [0.1, 0.15) is 56.7 Å². The third kappa shape index (κ3) is 2.97. The number of likely N-dealkylation sites (tertiary alicyclic amines) is 1. The zero-order valence-corrected chi connectivity index (χ0v) is 16.4. The highest BCUT2D eigenvalue weighted by Gasteiger charge is 2.29. The fourth-order valence-electron chi connectivity index (χ4n) is 4.18. The number of hydrogen-bond donors (Lipinski definition) is 0. The highest BCUT2D eigenvalue weighted by atomic mass is 32.1. The van der Waals surface area contributed by atoms with Gasteiger partial charge in [-0.25, -0.2) is 4.98 Å². The van der Waals surface area contributed by atoms with Crippen LogP contribution in [0.5, 0.6) is 0 Å². The Kier molecular flexibility index (Phi) is 4.29. The van der Waals surface area contributed by atoms with Crippen LogP contribution in [0.2, 0.25) is 0 Å². The predicted octanol–water partition coefficient (Wildman–Crippen LogP) is 5.26. The van der Waals surface area contributed by atoms with Crippen molar-refractivity contribution in [2.75, 3.05) is 13.1 Å². The zero-order chi connectivity index (χ0) is 17.5. The number of rotatable bonds is 2. The molecule has 134 valence electrons. The number of benzene rings is 1. The number of para-hydroxylation sites is 1. The molecule has 0 saturated carbocycles. The van der Waals surface area contributed by atoms with Gasteiger partial charge < -0.3 is 4.90 Å². The van der Waals surface area contributed by atoms with Crippen molar-refractivity contribution in [1.29, 1.82) is 0 Å². The minimum Gasteiger partial charge on any atom is -0.337 e. The Balaban J connectivity index is 1.36. The molecule has 0 bridgehead atoms. The number of aromatic nitrogens is 1. The van der Waals surface area contributed by atoms with E-state index in [4.69, 9.17) is 4.98 Å². The Morgan fingerprint density at radius 2 is 2.00 bits per heavy atom. The first-order chi connectivity index (χ1) is 12.8. The number of fused-ring (bicyclic) bond motifs is 2. The van der Waals surface area contributed by atoms with Crippen molar-refractivity contribution in [2.45, 2.75) is 44.4 Å². The quantitative estimate of drug-likeness (QED) is 0.606. The van der Waals surface area contributed by atoms with E-state index in [2.05, 4.69) is 29.2 Å². The second-order valence-electron chi connectivity index (χ2n) is 7.38. The number of aryl methyl sites for hydroxylation is 2. The van der Waals surface area contributed by atoms with E-state index in [-0.39, 0.29) is 5.91 Å². The van der Waals surface area contributed by atoms with Crippen LogP contribution in [-0.4, -0.2) is 28.9 Å². The Bertz CT molecular complexity index is 901. The van der Waals surface area contributed by atoms with Crippen LogP contribution in [0.25, 0.3) is 10.2 Å². The number of thiophene rings is 1. The van der Waals surface area contributed by atoms with Crippen molar-refractivity contribution < 1.29 is 4.79 Å². The third-order valence-electron chi connectivity index (χ3n) is 5.58. The van der Waals surface area contributed by atoms with E-state index in [9.17, 15) is 4.79 Å². The molecule has 5 rings (SSSR count). The molecule has 26 heavy (non-hydrogen) atoms. The van der Waals surface area contributed by atoms with Crippen molar-refractivity contribution in [1.82, 2.24) is 9.88 Å². The SMILES string of the molecule is O=C(c1cc2c(s1)CCCC2)N1CCC[C@H](c2nc3ccccc3s2)C1. The van der Waals surface area contributed by atoms with E-state index in [1.807, 2.05) is 6.07 Å². The van der Waals surface area contributed by atoms with Crippen molar-refractivity contribution in [3.8, 4) is 0 Å². The standard InChI is InChI=1S/C21H22N2OS2/c24-21(19-12-14-6-1-3-9-17(14)25-19)23-11-5-7-15(13-23)20-22-16-8-2-4-10-18(16)26-20/h2,4,8,10,12,15H,1,3,5-7,9,11,13H2/t15-/m0/s1. The van der Waals surface area contributed by atoms with Crippen LogP contribution >= 0.6 is 22.7 Å². The van der Waals surface area contributed by atoms with Gasteiger partial charge in [0, 0.05) is 23.9 Å². The number of thiazole rings is 1. The average molecular weight is 383 g/mol. The molecule has 1 aliphatic heterocycles. The molecule has 3 heterocycles. The highest BCUT2D eigenvalue weighted by molar-refractivity contribution is 7.18. The Morgan fingerprint density at radius 3 is 2.88 bits per heavy atom. The van der Waals surface area contributed by atoms with Gasteiger partial charge in [0.2, 0.25) is 0 Å². The molecule has 5 heteroatoms. The fraction of sp³-hybridized carbons (Fsp3) is 0.429. The lowest BCUT2D eigenvalue weighted by Crippen LogP contribution is -2.38. The first-order valence-electron chi connectivity index (χ1n) is 9.54. The second-order valence-corrected chi connectivity index (χ2v) is 9.58. The summed E-state index contributed by atoms with van der Waals surface area (Å²) in [5.74, 6) is 0.606. The number of hydrogen-bond acceptors (Lipinski definition) is 4. The molecule has 3 aromatic rings. The molecule has 0 spiro atoms. The van der Waals surface area contributed by atoms with Crippen LogP contribution in [0.3, 0.4) is 0 Å². The summed E-state index contributed by atoms with van der Waals surface area (Å²) in [5, 5.41) is 1.19. The number of carbonyl (C=O) groups is 1. The van der Waals surface area contributed by atoms with Crippen molar-refractivity contribution >= 4 is 38.8 Å². The van der Waals surface area contributed by atoms with Gasteiger partial charge in [-0.1, -0.05) is 12.1 Å². The van der Waals surface area contributed by atoms with E-state index < -0.39 is 0 Å². The van der Waals surface area contributed by atoms with E-state index in [1.165, 1.54) is 33.0 Å². The molecule has 1 amide bonds. The zero-order valence-electron chi connectivity index (χ0n) is 14.7. The molecule has 1 fully saturated rings. The van der Waals surface area contributed by atoms with Crippen molar-refractivity contribution in [3.05, 3.63) is 50.7 Å². The molecule has 2 aliphatic rings. The van der Waals surface area contributed by atoms with Gasteiger partial charge >= 0.3 is 0 Å². The minimum absolute atomic E-state index is 0.232. The molecule has 1 aromatic carbocycles. The van der Waals surface area contributed by atoms with Crippen LogP contribution < -0.4 is 0 Å². The van der Waals surface area contributed by atoms with Crippen LogP contribution in [0.4, 0.5) is 0 Å². The Morgan fingerprint density at radius 1 is 1.12 bits per heavy atom. The lowest BCUT2D eigenvalue weighted by molar-refractivity contribution is 0.0712. The first kappa shape index (κ1) is 16.5. The van der Waals surface area contributed by atoms with Crippen molar-refractivity contribution in [2.24, 2.45) is 0 Å². The highest BCUT2D eigenvalue weighted by Crippen LogP contribution is 2.35. The summed E-state index contributed by atoms with van der Waals surface area (Å²) in [6, 6.07) is 10.5. The normalized spacial score (nSPS) is 20.3. The lowest BCUT2D eigenvalue weighted by atomic mass is 9.98. The summed E-state index contributed by atoms with van der Waals surface area (Å²) < 4.78 is 1.25. The molecular weight excluding hydrogens is 360 g/mol. The van der Waals surface area contributed by atoms with Gasteiger partial charge in [-0.15, -0.1) is 22.7 Å². The largest absolute Gasteiger partial charge is 0.337 e. The molecule has 0 radical (unpaired) electrons. The molecule has 1 aliphatic carbocycles. The summed E-state index contributed by atoms with van der Waals surface area (Å²) in [6.07, 6.45) is 7.03. The maximum atomic E-state index is 13.1. The van der Waals surface area contributed by atoms with Crippen molar-refractivity contribution in [3.63, 3.8) is 0 Å². The van der Waals surface area contributed by atoms with Gasteiger partial charge in [0.1, 0.15) is 0 Å². The van der Waals surface area contributed by atoms with Gasteiger partial charge in [0.15, 0.2) is 0 Å². The molecule has 0 N–H and O–H groups in total. The van der Waals surface area contributed by atoms with Crippen LogP contribution in [0.15, 0.2) is 30.3 Å². The second kappa shape index (κ2) is 6.78. The van der Waals surface area contributed by atoms with Gasteiger partial charge in [-0.3, -0.25) is 4.79 Å².